The van der Waals surface area contributed by atoms with Gasteiger partial charge in [0.25, 0.3) is 0 Å². The largest absolute Gasteiger partial charge is 0.476 e. The summed E-state index contributed by atoms with van der Waals surface area (Å²) in [6.07, 6.45) is 1.42. The molecule has 106 valence electrons. The minimum absolute atomic E-state index is 0.0747. The second-order valence-corrected chi connectivity index (χ2v) is 4.90. The lowest BCUT2D eigenvalue weighted by Crippen LogP contribution is -2.10. The van der Waals surface area contributed by atoms with Crippen LogP contribution in [0, 0.1) is 0 Å². The van der Waals surface area contributed by atoms with Gasteiger partial charge in [0.15, 0.2) is 5.69 Å². The number of benzene rings is 2. The molecule has 6 nitrogen and oxygen atoms in total. The Bertz CT molecular complexity index is 818. The van der Waals surface area contributed by atoms with E-state index in [4.69, 9.17) is 5.11 Å². The monoisotopic (exact) mass is 282 g/mol. The van der Waals surface area contributed by atoms with Gasteiger partial charge in [-0.3, -0.25) is 0 Å². The zero-order valence-corrected chi connectivity index (χ0v) is 11.7. The fourth-order valence-corrected chi connectivity index (χ4v) is 2.34. The third kappa shape index (κ3) is 2.20. The Balaban J connectivity index is 2.28. The molecule has 21 heavy (non-hydrogen) atoms. The zero-order valence-electron chi connectivity index (χ0n) is 11.7. The van der Waals surface area contributed by atoms with Crippen LogP contribution in [0.1, 0.15) is 10.5 Å². The highest BCUT2D eigenvalue weighted by Crippen LogP contribution is 2.30. The maximum Gasteiger partial charge on any atom is 0.358 e. The van der Waals surface area contributed by atoms with Crippen LogP contribution >= 0.6 is 0 Å². The summed E-state index contributed by atoms with van der Waals surface area (Å²) in [4.78, 5) is 13.0. The Morgan fingerprint density at radius 2 is 1.90 bits per heavy atom. The lowest BCUT2D eigenvalue weighted by molar-refractivity contribution is 0.0690. The first-order valence-corrected chi connectivity index (χ1v) is 6.43. The quantitative estimate of drug-likeness (QED) is 0.797. The Labute approximate surface area is 121 Å². The van der Waals surface area contributed by atoms with E-state index in [1.54, 1.807) is 0 Å². The fourth-order valence-electron chi connectivity index (χ4n) is 2.34. The van der Waals surface area contributed by atoms with E-state index in [1.165, 1.54) is 10.9 Å². The van der Waals surface area contributed by atoms with Crippen LogP contribution in [0.4, 0.5) is 5.69 Å². The van der Waals surface area contributed by atoms with Gasteiger partial charge in [0, 0.05) is 25.2 Å². The van der Waals surface area contributed by atoms with Crippen LogP contribution in [0.3, 0.4) is 0 Å². The summed E-state index contributed by atoms with van der Waals surface area (Å²) in [5.74, 6) is -1.09. The van der Waals surface area contributed by atoms with Crippen molar-refractivity contribution in [2.45, 2.75) is 0 Å². The predicted molar refractivity (Wildman–Crippen MR) is 80.2 cm³/mol. The molecule has 0 aliphatic heterocycles. The van der Waals surface area contributed by atoms with Gasteiger partial charge in [0.2, 0.25) is 0 Å². The van der Waals surface area contributed by atoms with E-state index in [2.05, 4.69) is 10.3 Å². The number of rotatable bonds is 3. The van der Waals surface area contributed by atoms with Crippen molar-refractivity contribution in [2.75, 3.05) is 19.0 Å². The van der Waals surface area contributed by atoms with Crippen LogP contribution in [0.5, 0.6) is 0 Å². The van der Waals surface area contributed by atoms with Gasteiger partial charge in [0.05, 0.1) is 11.9 Å². The first kappa shape index (κ1) is 13.1. The molecule has 0 spiro atoms. The zero-order chi connectivity index (χ0) is 15.0. The highest BCUT2D eigenvalue weighted by molar-refractivity contribution is 6.00. The van der Waals surface area contributed by atoms with Crippen molar-refractivity contribution in [1.82, 2.24) is 15.0 Å². The Hall–Kier alpha value is -2.89. The van der Waals surface area contributed by atoms with Crippen molar-refractivity contribution in [2.24, 2.45) is 0 Å². The van der Waals surface area contributed by atoms with Gasteiger partial charge < -0.3 is 10.0 Å². The van der Waals surface area contributed by atoms with Crippen molar-refractivity contribution in [3.8, 4) is 5.69 Å². The topological polar surface area (TPSA) is 71.2 Å². The number of fused-ring (bicyclic) bond motifs is 1. The minimum atomic E-state index is -1.09. The minimum Gasteiger partial charge on any atom is -0.476 e. The molecule has 0 atom stereocenters. The molecule has 0 aliphatic rings. The third-order valence-corrected chi connectivity index (χ3v) is 3.30. The summed E-state index contributed by atoms with van der Waals surface area (Å²) in [5.41, 5.74) is 1.77. The summed E-state index contributed by atoms with van der Waals surface area (Å²) in [6.45, 7) is 0. The van der Waals surface area contributed by atoms with E-state index in [1.807, 2.05) is 55.4 Å². The molecule has 0 bridgehead atoms. The number of hydrogen-bond donors (Lipinski definition) is 1. The molecule has 2 aromatic carbocycles. The fraction of sp³-hybridized carbons (Fsp3) is 0.133. The highest BCUT2D eigenvalue weighted by atomic mass is 16.4. The Morgan fingerprint density at radius 1 is 1.19 bits per heavy atom. The van der Waals surface area contributed by atoms with E-state index in [-0.39, 0.29) is 5.69 Å². The first-order valence-electron chi connectivity index (χ1n) is 6.43. The molecule has 1 aromatic heterocycles. The normalized spacial score (nSPS) is 10.8. The SMILES string of the molecule is CN(C)c1cccc2cccc(-n3cc(C(=O)O)nn3)c12. The van der Waals surface area contributed by atoms with Gasteiger partial charge in [-0.2, -0.15) is 0 Å². The van der Waals surface area contributed by atoms with E-state index >= 15 is 0 Å². The summed E-state index contributed by atoms with van der Waals surface area (Å²) in [5, 5.41) is 18.6. The Kier molecular flexibility index (Phi) is 3.06. The number of nitrogens with zero attached hydrogens (tertiary/aromatic N) is 4. The van der Waals surface area contributed by atoms with E-state index < -0.39 is 5.97 Å². The molecule has 0 aliphatic carbocycles. The van der Waals surface area contributed by atoms with Crippen molar-refractivity contribution in [1.29, 1.82) is 0 Å². The molecule has 0 saturated heterocycles. The maximum absolute atomic E-state index is 11.0. The second kappa shape index (κ2) is 4.90. The summed E-state index contributed by atoms with van der Waals surface area (Å²) >= 11 is 0. The van der Waals surface area contributed by atoms with Crippen molar-refractivity contribution in [3.63, 3.8) is 0 Å². The van der Waals surface area contributed by atoms with E-state index in [0.717, 1.165) is 22.1 Å². The molecule has 0 saturated carbocycles. The lowest BCUT2D eigenvalue weighted by atomic mass is 10.1. The number of carboxylic acid groups (broad SMARTS) is 1. The average Bonchev–Trinajstić information content (AvgIpc) is 2.95. The first-order chi connectivity index (χ1) is 10.1. The van der Waals surface area contributed by atoms with Gasteiger partial charge in [-0.25, -0.2) is 9.48 Å². The van der Waals surface area contributed by atoms with E-state index in [0.29, 0.717) is 0 Å². The molecule has 0 unspecified atom stereocenters. The predicted octanol–water partition coefficient (Wildman–Crippen LogP) is 2.18. The molecule has 0 amide bonds. The van der Waals surface area contributed by atoms with E-state index in [9.17, 15) is 4.79 Å². The number of carboxylic acids is 1. The van der Waals surface area contributed by atoms with Gasteiger partial charge in [-0.05, 0) is 17.5 Å². The molecule has 0 fully saturated rings. The van der Waals surface area contributed by atoms with Gasteiger partial charge >= 0.3 is 5.97 Å². The van der Waals surface area contributed by atoms with Crippen LogP contribution < -0.4 is 4.90 Å². The molecule has 3 aromatic rings. The molecule has 1 N–H and O–H groups in total. The summed E-state index contributed by atoms with van der Waals surface area (Å²) in [7, 11) is 3.94. The maximum atomic E-state index is 11.0. The number of aromatic carboxylic acids is 1. The molecule has 0 radical (unpaired) electrons. The van der Waals surface area contributed by atoms with Crippen LogP contribution in [-0.2, 0) is 0 Å². The van der Waals surface area contributed by atoms with Crippen LogP contribution in [-0.4, -0.2) is 40.2 Å². The molecular weight excluding hydrogens is 268 g/mol. The van der Waals surface area contributed by atoms with Gasteiger partial charge in [-0.1, -0.05) is 29.5 Å². The molecule has 6 heteroatoms. The summed E-state index contributed by atoms with van der Waals surface area (Å²) < 4.78 is 1.50. The average molecular weight is 282 g/mol. The second-order valence-electron chi connectivity index (χ2n) is 4.90. The standard InChI is InChI=1S/C15H14N4O2/c1-18(2)12-7-3-5-10-6-4-8-13(14(10)12)19-9-11(15(20)21)16-17-19/h3-9H,1-2H3,(H,20,21). The molecular formula is C15H14N4O2. The number of carbonyl (C=O) groups is 1. The van der Waals surface area contributed by atoms with Crippen LogP contribution in [0.25, 0.3) is 16.5 Å². The number of anilines is 1. The van der Waals surface area contributed by atoms with Crippen LogP contribution in [0.15, 0.2) is 42.6 Å². The van der Waals surface area contributed by atoms with Crippen molar-refractivity contribution in [3.05, 3.63) is 48.3 Å². The smallest absolute Gasteiger partial charge is 0.358 e. The Morgan fingerprint density at radius 3 is 2.52 bits per heavy atom. The van der Waals surface area contributed by atoms with Gasteiger partial charge in [-0.15, -0.1) is 5.10 Å². The van der Waals surface area contributed by atoms with Gasteiger partial charge in [0.1, 0.15) is 0 Å². The third-order valence-electron chi connectivity index (χ3n) is 3.30. The molecule has 3 rings (SSSR count). The number of hydrogen-bond acceptors (Lipinski definition) is 4. The lowest BCUT2D eigenvalue weighted by Gasteiger charge is -2.17. The van der Waals surface area contributed by atoms with Crippen molar-refractivity contribution < 1.29 is 9.90 Å². The van der Waals surface area contributed by atoms with Crippen LogP contribution in [0.2, 0.25) is 0 Å². The highest BCUT2D eigenvalue weighted by Gasteiger charge is 2.13. The summed E-state index contributed by atoms with van der Waals surface area (Å²) in [6, 6.07) is 11.9. The molecule has 1 heterocycles. The number of aromatic nitrogens is 3. The van der Waals surface area contributed by atoms with Crippen molar-refractivity contribution >= 4 is 22.4 Å².